The van der Waals surface area contributed by atoms with Gasteiger partial charge in [-0.15, -0.1) is 0 Å². The van der Waals surface area contributed by atoms with Crippen molar-refractivity contribution in [1.82, 2.24) is 10.6 Å². The number of carboxylic acid groups (broad SMARTS) is 1. The Morgan fingerprint density at radius 1 is 1.03 bits per heavy atom. The van der Waals surface area contributed by atoms with Crippen molar-refractivity contribution in [1.29, 1.82) is 0 Å². The summed E-state index contributed by atoms with van der Waals surface area (Å²) in [6.07, 6.45) is 3.24. The minimum absolute atomic E-state index is 0.0256. The maximum atomic E-state index is 12.8. The average molecular weight is 465 g/mol. The van der Waals surface area contributed by atoms with Crippen LogP contribution in [0.2, 0.25) is 0 Å². The van der Waals surface area contributed by atoms with Crippen LogP contribution in [0.4, 0.5) is 4.79 Å². The zero-order valence-corrected chi connectivity index (χ0v) is 19.5. The number of alkyl carbamates (subject to hydrolysis) is 1. The van der Waals surface area contributed by atoms with Gasteiger partial charge >= 0.3 is 12.1 Å². The second-order valence-corrected chi connectivity index (χ2v) is 9.39. The van der Waals surface area contributed by atoms with Gasteiger partial charge in [0.2, 0.25) is 5.91 Å². The van der Waals surface area contributed by atoms with Gasteiger partial charge < -0.3 is 20.5 Å². The third-order valence-corrected chi connectivity index (χ3v) is 7.05. The Labute approximate surface area is 199 Å². The molecular weight excluding hydrogens is 432 g/mol. The molecule has 34 heavy (non-hydrogen) atoms. The molecule has 4 rings (SSSR count). The van der Waals surface area contributed by atoms with E-state index in [0.29, 0.717) is 19.3 Å². The Kier molecular flexibility index (Phi) is 7.20. The Morgan fingerprint density at radius 2 is 1.62 bits per heavy atom. The molecule has 0 heterocycles. The highest BCUT2D eigenvalue weighted by Gasteiger charge is 2.39. The van der Waals surface area contributed by atoms with Crippen molar-refractivity contribution in [3.05, 3.63) is 59.7 Å². The van der Waals surface area contributed by atoms with Crippen LogP contribution in [-0.4, -0.2) is 41.3 Å². The summed E-state index contributed by atoms with van der Waals surface area (Å²) in [6.45, 7) is 2.06. The maximum Gasteiger partial charge on any atom is 0.407 e. The van der Waals surface area contributed by atoms with Crippen LogP contribution in [0.1, 0.15) is 68.9 Å². The Bertz CT molecular complexity index is 1010. The summed E-state index contributed by atoms with van der Waals surface area (Å²) in [4.78, 5) is 36.5. The van der Waals surface area contributed by atoms with Crippen LogP contribution < -0.4 is 10.6 Å². The Morgan fingerprint density at radius 3 is 2.18 bits per heavy atom. The van der Waals surface area contributed by atoms with Crippen LogP contribution in [0.3, 0.4) is 0 Å². The minimum atomic E-state index is -0.945. The van der Waals surface area contributed by atoms with E-state index in [4.69, 9.17) is 9.84 Å². The SMILES string of the molecule is CC[C@@H](CC(=O)O)NC(=O)CC1(NC(=O)OCC2c3ccccc3-c3ccccc32)CCCC1. The third-order valence-electron chi connectivity index (χ3n) is 7.05. The molecule has 2 aliphatic carbocycles. The van der Waals surface area contributed by atoms with Crippen LogP contribution in [-0.2, 0) is 14.3 Å². The lowest BCUT2D eigenvalue weighted by Crippen LogP contribution is -2.50. The van der Waals surface area contributed by atoms with Crippen molar-refractivity contribution in [3.8, 4) is 11.1 Å². The molecule has 0 unspecified atom stereocenters. The van der Waals surface area contributed by atoms with Gasteiger partial charge in [0.25, 0.3) is 0 Å². The van der Waals surface area contributed by atoms with E-state index < -0.39 is 23.6 Å². The summed E-state index contributed by atoms with van der Waals surface area (Å²) in [7, 11) is 0. The molecule has 7 nitrogen and oxygen atoms in total. The number of aliphatic carboxylic acids is 1. The first-order valence-electron chi connectivity index (χ1n) is 12.0. The van der Waals surface area contributed by atoms with Crippen molar-refractivity contribution in [2.45, 2.75) is 69.4 Å². The van der Waals surface area contributed by atoms with Crippen molar-refractivity contribution in [2.75, 3.05) is 6.61 Å². The lowest BCUT2D eigenvalue weighted by atomic mass is 9.92. The average Bonchev–Trinajstić information content (AvgIpc) is 3.39. The fraction of sp³-hybridized carbons (Fsp3) is 0.444. The summed E-state index contributed by atoms with van der Waals surface area (Å²) >= 11 is 0. The molecule has 0 aliphatic heterocycles. The molecule has 7 heteroatoms. The number of amides is 2. The summed E-state index contributed by atoms with van der Waals surface area (Å²) in [5.74, 6) is -1.21. The number of carbonyl (C=O) groups excluding carboxylic acids is 2. The summed E-state index contributed by atoms with van der Waals surface area (Å²) in [6, 6.07) is 15.9. The number of ether oxygens (including phenoxy) is 1. The summed E-state index contributed by atoms with van der Waals surface area (Å²) in [5.41, 5.74) is 3.98. The molecule has 0 aromatic heterocycles. The Hall–Kier alpha value is -3.35. The van der Waals surface area contributed by atoms with Gasteiger partial charge in [0.1, 0.15) is 6.61 Å². The topological polar surface area (TPSA) is 105 Å². The monoisotopic (exact) mass is 464 g/mol. The lowest BCUT2D eigenvalue weighted by molar-refractivity contribution is -0.137. The smallest absolute Gasteiger partial charge is 0.407 e. The first-order chi connectivity index (χ1) is 16.4. The molecule has 2 aromatic rings. The number of carboxylic acids is 1. The van der Waals surface area contributed by atoms with Gasteiger partial charge in [-0.3, -0.25) is 9.59 Å². The molecule has 2 aromatic carbocycles. The van der Waals surface area contributed by atoms with Gasteiger partial charge in [-0.2, -0.15) is 0 Å². The van der Waals surface area contributed by atoms with E-state index in [9.17, 15) is 14.4 Å². The largest absolute Gasteiger partial charge is 0.481 e. The van der Waals surface area contributed by atoms with E-state index in [1.54, 1.807) is 0 Å². The molecule has 0 saturated heterocycles. The predicted molar refractivity (Wildman–Crippen MR) is 128 cm³/mol. The van der Waals surface area contributed by atoms with Gasteiger partial charge in [0.05, 0.1) is 12.0 Å². The molecule has 180 valence electrons. The molecule has 1 fully saturated rings. The number of hydrogen-bond donors (Lipinski definition) is 3. The van der Waals surface area contributed by atoms with E-state index in [1.165, 1.54) is 11.1 Å². The fourth-order valence-corrected chi connectivity index (χ4v) is 5.34. The second kappa shape index (κ2) is 10.3. The minimum Gasteiger partial charge on any atom is -0.481 e. The number of hydrogen-bond acceptors (Lipinski definition) is 4. The van der Waals surface area contributed by atoms with Crippen molar-refractivity contribution in [3.63, 3.8) is 0 Å². The molecule has 3 N–H and O–H groups in total. The molecule has 1 saturated carbocycles. The third kappa shape index (κ3) is 5.24. The zero-order valence-electron chi connectivity index (χ0n) is 19.5. The molecule has 0 spiro atoms. The van der Waals surface area contributed by atoms with E-state index in [1.807, 2.05) is 31.2 Å². The molecule has 2 amide bonds. The van der Waals surface area contributed by atoms with Crippen LogP contribution in [0.25, 0.3) is 11.1 Å². The first-order valence-corrected chi connectivity index (χ1v) is 12.0. The number of fused-ring (bicyclic) bond motifs is 3. The quantitative estimate of drug-likeness (QED) is 0.503. The van der Waals surface area contributed by atoms with Crippen LogP contribution in [0.5, 0.6) is 0 Å². The van der Waals surface area contributed by atoms with E-state index >= 15 is 0 Å². The Balaban J connectivity index is 1.38. The van der Waals surface area contributed by atoms with Gasteiger partial charge in [0.15, 0.2) is 0 Å². The predicted octanol–water partition coefficient (Wildman–Crippen LogP) is 4.60. The highest BCUT2D eigenvalue weighted by Crippen LogP contribution is 2.44. The second-order valence-electron chi connectivity index (χ2n) is 9.39. The number of rotatable bonds is 9. The van der Waals surface area contributed by atoms with E-state index in [2.05, 4.69) is 34.9 Å². The highest BCUT2D eigenvalue weighted by molar-refractivity contribution is 5.80. The lowest BCUT2D eigenvalue weighted by Gasteiger charge is -2.30. The van der Waals surface area contributed by atoms with Gasteiger partial charge in [-0.05, 0) is 41.5 Å². The summed E-state index contributed by atoms with van der Waals surface area (Å²) in [5, 5.41) is 14.8. The van der Waals surface area contributed by atoms with Crippen LogP contribution in [0.15, 0.2) is 48.5 Å². The van der Waals surface area contributed by atoms with Crippen molar-refractivity contribution < 1.29 is 24.2 Å². The number of carbonyl (C=O) groups is 3. The molecule has 2 aliphatic rings. The molecular formula is C27H32N2O5. The molecule has 1 atom stereocenters. The van der Waals surface area contributed by atoms with Gasteiger partial charge in [0, 0.05) is 18.4 Å². The maximum absolute atomic E-state index is 12.8. The van der Waals surface area contributed by atoms with E-state index in [-0.39, 0.29) is 31.3 Å². The highest BCUT2D eigenvalue weighted by atomic mass is 16.5. The summed E-state index contributed by atoms with van der Waals surface area (Å²) < 4.78 is 5.70. The van der Waals surface area contributed by atoms with E-state index in [0.717, 1.165) is 24.0 Å². The molecule has 0 bridgehead atoms. The molecule has 0 radical (unpaired) electrons. The first kappa shape index (κ1) is 23.8. The zero-order chi connectivity index (χ0) is 24.1. The van der Waals surface area contributed by atoms with Crippen LogP contribution in [0, 0.1) is 0 Å². The fourth-order valence-electron chi connectivity index (χ4n) is 5.34. The van der Waals surface area contributed by atoms with Gasteiger partial charge in [-0.25, -0.2) is 4.79 Å². The van der Waals surface area contributed by atoms with Crippen molar-refractivity contribution >= 4 is 18.0 Å². The van der Waals surface area contributed by atoms with Gasteiger partial charge in [-0.1, -0.05) is 68.3 Å². The standard InChI is InChI=1S/C27H32N2O5/c1-2-18(15-25(31)32)28-24(30)16-27(13-7-8-14-27)29-26(33)34-17-23-21-11-5-3-9-19(21)20-10-4-6-12-22(20)23/h3-6,9-12,18,23H,2,7-8,13-17H2,1H3,(H,28,30)(H,29,33)(H,31,32)/t18-/m0/s1. The number of benzene rings is 2. The van der Waals surface area contributed by atoms with Crippen LogP contribution >= 0.6 is 0 Å². The van der Waals surface area contributed by atoms with Crippen molar-refractivity contribution in [2.24, 2.45) is 0 Å². The normalized spacial score (nSPS) is 16.9. The number of nitrogens with one attached hydrogen (secondary N) is 2.